The molecule has 2 aromatic rings. The molecule has 1 heterocycles. The van der Waals surface area contributed by atoms with Crippen molar-refractivity contribution in [3.63, 3.8) is 0 Å². The van der Waals surface area contributed by atoms with Crippen LogP contribution in [0.5, 0.6) is 0 Å². The number of halogens is 1. The predicted molar refractivity (Wildman–Crippen MR) is 85.4 cm³/mol. The minimum atomic E-state index is 0.0691. The standard InChI is InChI=1S/C13H15IN2OS/c1-3-7-18-13-15-11-6-5-9(14)8-10(11)12(17)16(13)4-2/h5-6,8H,3-4,7H2,1-2H3. The average Bonchev–Trinajstić information content (AvgIpc) is 2.37. The van der Waals surface area contributed by atoms with E-state index in [4.69, 9.17) is 0 Å². The maximum absolute atomic E-state index is 12.4. The van der Waals surface area contributed by atoms with E-state index in [1.807, 2.05) is 25.1 Å². The van der Waals surface area contributed by atoms with Crippen LogP contribution in [-0.4, -0.2) is 15.3 Å². The maximum atomic E-state index is 12.4. The third-order valence-electron chi connectivity index (χ3n) is 2.63. The van der Waals surface area contributed by atoms with Crippen LogP contribution in [-0.2, 0) is 6.54 Å². The lowest BCUT2D eigenvalue weighted by atomic mass is 10.2. The summed E-state index contributed by atoms with van der Waals surface area (Å²) in [7, 11) is 0. The van der Waals surface area contributed by atoms with Crippen LogP contribution in [0.25, 0.3) is 10.9 Å². The summed E-state index contributed by atoms with van der Waals surface area (Å²) >= 11 is 3.87. The molecule has 0 saturated carbocycles. The van der Waals surface area contributed by atoms with Gasteiger partial charge in [0, 0.05) is 15.9 Å². The number of fused-ring (bicyclic) bond motifs is 1. The number of hydrogen-bond acceptors (Lipinski definition) is 3. The van der Waals surface area contributed by atoms with E-state index in [2.05, 4.69) is 34.5 Å². The van der Waals surface area contributed by atoms with Crippen LogP contribution in [0, 0.1) is 3.57 Å². The summed E-state index contributed by atoms with van der Waals surface area (Å²) in [5.74, 6) is 0.988. The largest absolute Gasteiger partial charge is 0.287 e. The summed E-state index contributed by atoms with van der Waals surface area (Å²) in [6.45, 7) is 4.78. The van der Waals surface area contributed by atoms with Gasteiger partial charge in [0.25, 0.3) is 5.56 Å². The molecular formula is C13H15IN2OS. The van der Waals surface area contributed by atoms with Crippen molar-refractivity contribution in [2.45, 2.75) is 32.0 Å². The molecule has 0 spiro atoms. The molecule has 18 heavy (non-hydrogen) atoms. The van der Waals surface area contributed by atoms with Crippen molar-refractivity contribution in [2.24, 2.45) is 0 Å². The van der Waals surface area contributed by atoms with Crippen molar-refractivity contribution in [3.05, 3.63) is 32.1 Å². The highest BCUT2D eigenvalue weighted by molar-refractivity contribution is 14.1. The Labute approximate surface area is 124 Å². The fourth-order valence-corrected chi connectivity index (χ4v) is 3.16. The Balaban J connectivity index is 2.65. The van der Waals surface area contributed by atoms with Crippen LogP contribution in [0.3, 0.4) is 0 Å². The molecule has 0 aliphatic rings. The van der Waals surface area contributed by atoms with E-state index in [0.717, 1.165) is 26.4 Å². The second-order valence-electron chi connectivity index (χ2n) is 3.95. The molecular weight excluding hydrogens is 359 g/mol. The molecule has 0 N–H and O–H groups in total. The van der Waals surface area contributed by atoms with Gasteiger partial charge in [-0.1, -0.05) is 18.7 Å². The molecule has 0 unspecified atom stereocenters. The summed E-state index contributed by atoms with van der Waals surface area (Å²) < 4.78 is 2.83. The zero-order chi connectivity index (χ0) is 13.1. The fraction of sp³-hybridized carbons (Fsp3) is 0.385. The number of rotatable bonds is 4. The summed E-state index contributed by atoms with van der Waals surface area (Å²) in [4.78, 5) is 17.0. The normalized spacial score (nSPS) is 11.1. The van der Waals surface area contributed by atoms with E-state index in [1.54, 1.807) is 16.3 Å². The quantitative estimate of drug-likeness (QED) is 0.467. The lowest BCUT2D eigenvalue weighted by molar-refractivity contribution is 0.634. The Hall–Kier alpha value is -0.560. The second-order valence-corrected chi connectivity index (χ2v) is 6.26. The topological polar surface area (TPSA) is 34.9 Å². The molecule has 0 fully saturated rings. The first kappa shape index (κ1) is 13.9. The van der Waals surface area contributed by atoms with Gasteiger partial charge < -0.3 is 0 Å². The first-order chi connectivity index (χ1) is 8.67. The van der Waals surface area contributed by atoms with E-state index in [-0.39, 0.29) is 5.56 Å². The van der Waals surface area contributed by atoms with Gasteiger partial charge in [-0.25, -0.2) is 4.98 Å². The van der Waals surface area contributed by atoms with Crippen molar-refractivity contribution >= 4 is 45.3 Å². The van der Waals surface area contributed by atoms with Crippen LogP contribution in [0.1, 0.15) is 20.3 Å². The van der Waals surface area contributed by atoms with E-state index in [0.29, 0.717) is 11.9 Å². The van der Waals surface area contributed by atoms with E-state index in [9.17, 15) is 4.79 Å². The molecule has 0 atom stereocenters. The van der Waals surface area contributed by atoms with Crippen molar-refractivity contribution in [2.75, 3.05) is 5.75 Å². The van der Waals surface area contributed by atoms with E-state index in [1.165, 1.54) is 0 Å². The predicted octanol–water partition coefficient (Wildman–Crippen LogP) is 3.52. The molecule has 1 aromatic heterocycles. The maximum Gasteiger partial charge on any atom is 0.262 e. The molecule has 2 rings (SSSR count). The van der Waals surface area contributed by atoms with Crippen LogP contribution in [0.15, 0.2) is 28.2 Å². The Bertz CT molecular complexity index is 624. The van der Waals surface area contributed by atoms with Crippen LogP contribution in [0.4, 0.5) is 0 Å². The Morgan fingerprint density at radius 1 is 1.39 bits per heavy atom. The second kappa shape index (κ2) is 6.06. The van der Waals surface area contributed by atoms with Gasteiger partial charge >= 0.3 is 0 Å². The molecule has 1 aromatic carbocycles. The molecule has 0 radical (unpaired) electrons. The smallest absolute Gasteiger partial charge is 0.262 e. The number of thioether (sulfide) groups is 1. The van der Waals surface area contributed by atoms with Crippen LogP contribution < -0.4 is 5.56 Å². The zero-order valence-electron chi connectivity index (χ0n) is 10.4. The Kier molecular flexibility index (Phi) is 4.66. The van der Waals surface area contributed by atoms with Crippen molar-refractivity contribution in [1.82, 2.24) is 9.55 Å². The first-order valence-corrected chi connectivity index (χ1v) is 8.06. The molecule has 3 nitrogen and oxygen atoms in total. The molecule has 0 aliphatic heterocycles. The van der Waals surface area contributed by atoms with Crippen LogP contribution >= 0.6 is 34.4 Å². The summed E-state index contributed by atoms with van der Waals surface area (Å²) in [5, 5.41) is 1.54. The first-order valence-electron chi connectivity index (χ1n) is 6.00. The Morgan fingerprint density at radius 3 is 2.83 bits per heavy atom. The summed E-state index contributed by atoms with van der Waals surface area (Å²) in [6.07, 6.45) is 1.08. The highest BCUT2D eigenvalue weighted by Crippen LogP contribution is 2.19. The highest BCUT2D eigenvalue weighted by Gasteiger charge is 2.10. The average molecular weight is 374 g/mol. The fourth-order valence-electron chi connectivity index (χ4n) is 1.76. The third-order valence-corrected chi connectivity index (χ3v) is 4.49. The number of aromatic nitrogens is 2. The minimum Gasteiger partial charge on any atom is -0.287 e. The molecule has 96 valence electrons. The molecule has 0 saturated heterocycles. The minimum absolute atomic E-state index is 0.0691. The van der Waals surface area contributed by atoms with Gasteiger partial charge in [-0.05, 0) is 54.1 Å². The van der Waals surface area contributed by atoms with Crippen molar-refractivity contribution in [3.8, 4) is 0 Å². The van der Waals surface area contributed by atoms with Crippen LogP contribution in [0.2, 0.25) is 0 Å². The zero-order valence-corrected chi connectivity index (χ0v) is 13.4. The van der Waals surface area contributed by atoms with Gasteiger partial charge in [-0.15, -0.1) is 0 Å². The third kappa shape index (κ3) is 2.71. The van der Waals surface area contributed by atoms with Gasteiger partial charge in [0.2, 0.25) is 0 Å². The van der Waals surface area contributed by atoms with Gasteiger partial charge in [0.05, 0.1) is 10.9 Å². The van der Waals surface area contributed by atoms with Gasteiger partial charge in [-0.3, -0.25) is 9.36 Å². The highest BCUT2D eigenvalue weighted by atomic mass is 127. The molecule has 0 bridgehead atoms. The lowest BCUT2D eigenvalue weighted by Gasteiger charge is -2.10. The molecule has 0 aliphatic carbocycles. The van der Waals surface area contributed by atoms with E-state index < -0.39 is 0 Å². The van der Waals surface area contributed by atoms with Crippen molar-refractivity contribution < 1.29 is 0 Å². The summed E-state index contributed by atoms with van der Waals surface area (Å²) in [6, 6.07) is 5.82. The van der Waals surface area contributed by atoms with E-state index >= 15 is 0 Å². The summed E-state index contributed by atoms with van der Waals surface area (Å²) in [5.41, 5.74) is 0.864. The number of benzene rings is 1. The SMILES string of the molecule is CCCSc1nc2ccc(I)cc2c(=O)n1CC. The monoisotopic (exact) mass is 374 g/mol. The van der Waals surface area contributed by atoms with Gasteiger partial charge in [-0.2, -0.15) is 0 Å². The molecule has 5 heteroatoms. The van der Waals surface area contributed by atoms with Crippen molar-refractivity contribution in [1.29, 1.82) is 0 Å². The number of hydrogen-bond donors (Lipinski definition) is 0. The lowest BCUT2D eigenvalue weighted by Crippen LogP contribution is -2.22. The van der Waals surface area contributed by atoms with Gasteiger partial charge in [0.15, 0.2) is 5.16 Å². The van der Waals surface area contributed by atoms with Gasteiger partial charge in [0.1, 0.15) is 0 Å². The Morgan fingerprint density at radius 2 is 2.17 bits per heavy atom. The number of nitrogens with zero attached hydrogens (tertiary/aromatic N) is 2. The molecule has 0 amide bonds.